The van der Waals surface area contributed by atoms with Gasteiger partial charge in [0, 0.05) is 12.7 Å². The van der Waals surface area contributed by atoms with E-state index in [9.17, 15) is 9.90 Å². The second kappa shape index (κ2) is 9.35. The van der Waals surface area contributed by atoms with E-state index in [1.54, 1.807) is 12.1 Å². The summed E-state index contributed by atoms with van der Waals surface area (Å²) in [6.07, 6.45) is 2.32. The van der Waals surface area contributed by atoms with Crippen molar-refractivity contribution in [2.24, 2.45) is 0 Å². The molecule has 0 saturated heterocycles. The molecule has 0 saturated carbocycles. The molecule has 0 aliphatic carbocycles. The van der Waals surface area contributed by atoms with E-state index in [0.29, 0.717) is 24.3 Å². The average Bonchev–Trinajstić information content (AvgIpc) is 2.55. The first kappa shape index (κ1) is 22.4. The third-order valence-corrected chi connectivity index (χ3v) is 9.23. The van der Waals surface area contributed by atoms with Crippen molar-refractivity contribution in [3.05, 3.63) is 35.4 Å². The van der Waals surface area contributed by atoms with Crippen molar-refractivity contribution in [2.45, 2.75) is 58.9 Å². The summed E-state index contributed by atoms with van der Waals surface area (Å²) >= 11 is 0. The molecule has 5 nitrogen and oxygen atoms in total. The van der Waals surface area contributed by atoms with Gasteiger partial charge in [0.2, 0.25) is 0 Å². The van der Waals surface area contributed by atoms with Crippen LogP contribution < -0.4 is 4.74 Å². The lowest BCUT2D eigenvalue weighted by atomic mass is 9.98. The normalized spacial score (nSPS) is 13.0. The van der Waals surface area contributed by atoms with Crippen LogP contribution in [0.1, 0.15) is 45.2 Å². The fourth-order valence-corrected chi connectivity index (χ4v) is 3.17. The summed E-state index contributed by atoms with van der Waals surface area (Å²) in [6, 6.07) is 5.51. The fourth-order valence-electron chi connectivity index (χ4n) is 2.22. The fraction of sp³-hybridized carbons (Fsp3) is 0.550. The van der Waals surface area contributed by atoms with Crippen LogP contribution in [0.2, 0.25) is 18.1 Å². The van der Waals surface area contributed by atoms with Gasteiger partial charge in [0.15, 0.2) is 15.1 Å². The van der Waals surface area contributed by atoms with Gasteiger partial charge in [0.1, 0.15) is 5.75 Å². The zero-order chi connectivity index (χ0) is 20.0. The van der Waals surface area contributed by atoms with E-state index in [1.807, 2.05) is 19.1 Å². The Morgan fingerprint density at radius 2 is 1.92 bits per heavy atom. The molecule has 1 aromatic carbocycles. The van der Waals surface area contributed by atoms with Crippen molar-refractivity contribution in [2.75, 3.05) is 13.9 Å². The Hall–Kier alpha value is -1.63. The molecule has 0 fully saturated rings. The average molecular weight is 381 g/mol. The summed E-state index contributed by atoms with van der Waals surface area (Å²) in [4.78, 5) is 11.8. The van der Waals surface area contributed by atoms with Crippen molar-refractivity contribution in [3.8, 4) is 5.75 Å². The number of allylic oxidation sites excluding steroid dienone is 1. The molecular weight excluding hydrogens is 348 g/mol. The zero-order valence-corrected chi connectivity index (χ0v) is 18.0. The number of carboxylic acid groups (broad SMARTS) is 1. The lowest BCUT2D eigenvalue weighted by Gasteiger charge is -2.36. The molecule has 0 aromatic heterocycles. The minimum atomic E-state index is -1.97. The highest BCUT2D eigenvalue weighted by Gasteiger charge is 2.37. The molecule has 0 bridgehead atoms. The number of carbonyl (C=O) groups is 1. The zero-order valence-electron chi connectivity index (χ0n) is 17.0. The molecule has 0 aliphatic rings. The quantitative estimate of drug-likeness (QED) is 0.368. The van der Waals surface area contributed by atoms with E-state index in [2.05, 4.69) is 33.9 Å². The third-order valence-electron chi connectivity index (χ3n) is 4.75. The number of benzene rings is 1. The molecule has 0 atom stereocenters. The lowest BCUT2D eigenvalue weighted by molar-refractivity contribution is -0.130. The number of rotatable bonds is 9. The molecule has 26 heavy (non-hydrogen) atoms. The first-order chi connectivity index (χ1) is 12.0. The van der Waals surface area contributed by atoms with E-state index in [-0.39, 0.29) is 17.4 Å². The number of ether oxygens (including phenoxy) is 2. The number of hydrogen-bond acceptors (Lipinski definition) is 4. The van der Waals surface area contributed by atoms with E-state index in [0.717, 1.165) is 5.56 Å². The molecule has 1 N–H and O–H groups in total. The molecule has 0 radical (unpaired) electrons. The number of aliphatic carboxylic acids is 1. The van der Waals surface area contributed by atoms with Crippen molar-refractivity contribution >= 4 is 19.9 Å². The summed E-state index contributed by atoms with van der Waals surface area (Å²) < 4.78 is 16.9. The van der Waals surface area contributed by atoms with E-state index in [1.165, 1.54) is 7.11 Å². The highest BCUT2D eigenvalue weighted by molar-refractivity contribution is 6.74. The minimum absolute atomic E-state index is 0.0541. The molecule has 1 rings (SSSR count). The summed E-state index contributed by atoms with van der Waals surface area (Å²) in [5, 5.41) is 9.78. The van der Waals surface area contributed by atoms with Crippen LogP contribution in [0, 0.1) is 0 Å². The summed E-state index contributed by atoms with van der Waals surface area (Å²) in [5.74, 6) is -0.487. The van der Waals surface area contributed by atoms with Crippen LogP contribution >= 0.6 is 0 Å². The Morgan fingerprint density at radius 3 is 2.42 bits per heavy atom. The third kappa shape index (κ3) is 5.69. The van der Waals surface area contributed by atoms with Crippen LogP contribution in [0.5, 0.6) is 5.75 Å². The Balaban J connectivity index is 3.34. The standard InChI is InChI=1S/C20H32O5Si/c1-8-10-16(19(21)22)18-15(11-9-12-17(18)24-14-23-5)13-25-26(6,7)20(2,3)4/h9-12H,8,13-14H2,1-7H3,(H,21,22). The summed E-state index contributed by atoms with van der Waals surface area (Å²) in [7, 11) is -0.434. The van der Waals surface area contributed by atoms with Gasteiger partial charge in [-0.1, -0.05) is 45.9 Å². The van der Waals surface area contributed by atoms with Crippen LogP contribution in [0.3, 0.4) is 0 Å². The Kier molecular flexibility index (Phi) is 8.05. The van der Waals surface area contributed by atoms with Crippen molar-refractivity contribution in [1.82, 2.24) is 0 Å². The van der Waals surface area contributed by atoms with Gasteiger partial charge >= 0.3 is 5.97 Å². The molecule has 0 aliphatic heterocycles. The number of hydrogen-bond donors (Lipinski definition) is 1. The SMILES string of the molecule is CCC=C(C(=O)O)c1c(CO[Si](C)(C)C(C)(C)C)cccc1OCOC. The Bertz CT molecular complexity index is 644. The minimum Gasteiger partial charge on any atom is -0.478 e. The first-order valence-corrected chi connectivity index (χ1v) is 11.8. The highest BCUT2D eigenvalue weighted by atomic mass is 28.4. The number of carboxylic acids is 1. The van der Waals surface area contributed by atoms with Gasteiger partial charge in [-0.25, -0.2) is 4.79 Å². The molecular formula is C20H32O5Si. The van der Waals surface area contributed by atoms with Crippen LogP contribution in [0.25, 0.3) is 5.57 Å². The Morgan fingerprint density at radius 1 is 1.27 bits per heavy atom. The van der Waals surface area contributed by atoms with Gasteiger partial charge in [-0.05, 0) is 36.2 Å². The molecule has 0 amide bonds. The molecule has 0 heterocycles. The van der Waals surface area contributed by atoms with E-state index in [4.69, 9.17) is 13.9 Å². The maximum Gasteiger partial charge on any atom is 0.336 e. The van der Waals surface area contributed by atoms with E-state index >= 15 is 0 Å². The second-order valence-electron chi connectivity index (χ2n) is 7.72. The van der Waals surface area contributed by atoms with Gasteiger partial charge in [-0.2, -0.15) is 0 Å². The molecule has 0 spiro atoms. The van der Waals surface area contributed by atoms with Crippen LogP contribution in [-0.4, -0.2) is 33.3 Å². The van der Waals surface area contributed by atoms with Crippen molar-refractivity contribution in [1.29, 1.82) is 0 Å². The van der Waals surface area contributed by atoms with Gasteiger partial charge in [-0.3, -0.25) is 0 Å². The lowest BCUT2D eigenvalue weighted by Crippen LogP contribution is -2.40. The molecule has 6 heteroatoms. The molecule has 146 valence electrons. The van der Waals surface area contributed by atoms with Crippen LogP contribution in [-0.2, 0) is 20.6 Å². The van der Waals surface area contributed by atoms with Gasteiger partial charge in [-0.15, -0.1) is 0 Å². The molecule has 1 aromatic rings. The largest absolute Gasteiger partial charge is 0.478 e. The summed E-state index contributed by atoms with van der Waals surface area (Å²) in [5.41, 5.74) is 1.61. The predicted octanol–water partition coefficient (Wildman–Crippen LogP) is 5.07. The van der Waals surface area contributed by atoms with Crippen molar-refractivity contribution < 1.29 is 23.8 Å². The maximum atomic E-state index is 11.8. The monoisotopic (exact) mass is 380 g/mol. The predicted molar refractivity (Wildman–Crippen MR) is 107 cm³/mol. The molecule has 0 unspecified atom stereocenters. The van der Waals surface area contributed by atoms with Gasteiger partial charge < -0.3 is 19.0 Å². The van der Waals surface area contributed by atoms with Crippen molar-refractivity contribution in [3.63, 3.8) is 0 Å². The van der Waals surface area contributed by atoms with Crippen LogP contribution in [0.15, 0.2) is 24.3 Å². The second-order valence-corrected chi connectivity index (χ2v) is 12.5. The topological polar surface area (TPSA) is 65.0 Å². The maximum absolute atomic E-state index is 11.8. The summed E-state index contributed by atoms with van der Waals surface area (Å²) in [6.45, 7) is 13.2. The van der Waals surface area contributed by atoms with Gasteiger partial charge in [0.25, 0.3) is 0 Å². The van der Waals surface area contributed by atoms with E-state index < -0.39 is 14.3 Å². The highest BCUT2D eigenvalue weighted by Crippen LogP contribution is 2.38. The Labute approximate surface area is 158 Å². The van der Waals surface area contributed by atoms with Crippen LogP contribution in [0.4, 0.5) is 0 Å². The smallest absolute Gasteiger partial charge is 0.336 e. The van der Waals surface area contributed by atoms with Gasteiger partial charge in [0.05, 0.1) is 12.2 Å². The number of methoxy groups -OCH3 is 1. The first-order valence-electron chi connectivity index (χ1n) is 8.86.